The van der Waals surface area contributed by atoms with Gasteiger partial charge in [0.25, 0.3) is 0 Å². The van der Waals surface area contributed by atoms with Crippen molar-refractivity contribution in [2.45, 2.75) is 32.7 Å². The summed E-state index contributed by atoms with van der Waals surface area (Å²) in [5, 5.41) is 7.66. The van der Waals surface area contributed by atoms with Crippen LogP contribution in [0.5, 0.6) is 5.75 Å². The second kappa shape index (κ2) is 5.19. The fraction of sp³-hybridized carbons (Fsp3) is 0.389. The van der Waals surface area contributed by atoms with Gasteiger partial charge in [0.1, 0.15) is 18.1 Å². The van der Waals surface area contributed by atoms with Crippen LogP contribution in [0.25, 0.3) is 0 Å². The lowest BCUT2D eigenvalue weighted by molar-refractivity contribution is -0.118. The number of allylic oxidation sites excluding steroid dienone is 2. The molecule has 1 aliphatic heterocycles. The van der Waals surface area contributed by atoms with Gasteiger partial charge in [0, 0.05) is 23.3 Å². The molecule has 24 heavy (non-hydrogen) atoms. The van der Waals surface area contributed by atoms with Crippen molar-refractivity contribution in [3.05, 3.63) is 47.4 Å². The number of anilines is 1. The number of methoxy groups -OCH3 is 1. The molecule has 0 bridgehead atoms. The normalized spacial score (nSPS) is 21.8. The van der Waals surface area contributed by atoms with Gasteiger partial charge in [0.05, 0.1) is 7.11 Å². The number of fused-ring (bicyclic) bond motifs is 1. The Kier molecular flexibility index (Phi) is 3.23. The summed E-state index contributed by atoms with van der Waals surface area (Å²) in [7, 11) is 1.64. The number of ketones is 1. The van der Waals surface area contributed by atoms with Gasteiger partial charge in [-0.1, -0.05) is 32.0 Å². The monoisotopic (exact) mass is 324 g/mol. The largest absolute Gasteiger partial charge is 0.496 e. The number of Topliss-reactive ketones (excluding diaryl/α,β-unsaturated/α-hetero) is 1. The van der Waals surface area contributed by atoms with E-state index in [0.29, 0.717) is 12.4 Å². The summed E-state index contributed by atoms with van der Waals surface area (Å²) in [6.07, 6.45) is 2.86. The van der Waals surface area contributed by atoms with Crippen LogP contribution >= 0.6 is 0 Å². The zero-order valence-corrected chi connectivity index (χ0v) is 14.0. The van der Waals surface area contributed by atoms with E-state index in [-0.39, 0.29) is 17.2 Å². The van der Waals surface area contributed by atoms with Crippen molar-refractivity contribution in [1.29, 1.82) is 0 Å². The van der Waals surface area contributed by atoms with Crippen molar-refractivity contribution >= 4 is 11.7 Å². The van der Waals surface area contributed by atoms with Crippen LogP contribution in [0, 0.1) is 5.41 Å². The van der Waals surface area contributed by atoms with E-state index in [2.05, 4.69) is 29.2 Å². The van der Waals surface area contributed by atoms with Gasteiger partial charge in [-0.25, -0.2) is 4.68 Å². The third kappa shape index (κ3) is 2.21. The Labute approximate surface area is 140 Å². The van der Waals surface area contributed by atoms with Crippen LogP contribution in [0.15, 0.2) is 41.9 Å². The quantitative estimate of drug-likeness (QED) is 0.920. The number of nitrogens with one attached hydrogen (secondary N) is 1. The zero-order chi connectivity index (χ0) is 16.9. The standard InChI is InChI=1S/C18H20N4O2/c1-18(2)8-12-15(13(23)9-18)16(22-17(21-12)19-10-20-22)11-6-4-5-7-14(11)24-3/h4-7,10,16H,8-9H2,1-3H3,(H,19,20,21). The highest BCUT2D eigenvalue weighted by molar-refractivity contribution is 6.00. The van der Waals surface area contributed by atoms with E-state index in [4.69, 9.17) is 4.74 Å². The van der Waals surface area contributed by atoms with Gasteiger partial charge in [-0.2, -0.15) is 10.1 Å². The van der Waals surface area contributed by atoms with E-state index in [0.717, 1.165) is 29.0 Å². The van der Waals surface area contributed by atoms with Crippen molar-refractivity contribution in [3.8, 4) is 5.75 Å². The topological polar surface area (TPSA) is 69.0 Å². The number of ether oxygens (including phenoxy) is 1. The summed E-state index contributed by atoms with van der Waals surface area (Å²) < 4.78 is 7.30. The Morgan fingerprint density at radius 1 is 1.29 bits per heavy atom. The van der Waals surface area contributed by atoms with Gasteiger partial charge in [0.2, 0.25) is 5.95 Å². The molecule has 0 radical (unpaired) electrons. The average Bonchev–Trinajstić information content (AvgIpc) is 2.99. The van der Waals surface area contributed by atoms with E-state index in [1.807, 2.05) is 24.3 Å². The zero-order valence-electron chi connectivity index (χ0n) is 14.0. The van der Waals surface area contributed by atoms with Gasteiger partial charge in [-0.05, 0) is 17.9 Å². The SMILES string of the molecule is COc1ccccc1C1C2=C(CC(C)(C)CC2=O)Nc2ncnn21. The Bertz CT molecular complexity index is 850. The molecule has 1 unspecified atom stereocenters. The van der Waals surface area contributed by atoms with Crippen molar-refractivity contribution in [3.63, 3.8) is 0 Å². The minimum atomic E-state index is -0.307. The molecule has 2 aromatic rings. The lowest BCUT2D eigenvalue weighted by Crippen LogP contribution is -2.36. The first-order valence-corrected chi connectivity index (χ1v) is 8.06. The molecule has 6 nitrogen and oxygen atoms in total. The number of carbonyl (C=O) groups is 1. The Morgan fingerprint density at radius 2 is 2.08 bits per heavy atom. The van der Waals surface area contributed by atoms with E-state index in [1.165, 1.54) is 6.33 Å². The number of hydrogen-bond donors (Lipinski definition) is 1. The molecule has 1 N–H and O–H groups in total. The summed E-state index contributed by atoms with van der Waals surface area (Å²) in [4.78, 5) is 17.3. The highest BCUT2D eigenvalue weighted by atomic mass is 16.5. The van der Waals surface area contributed by atoms with Crippen LogP contribution in [-0.4, -0.2) is 27.7 Å². The van der Waals surface area contributed by atoms with E-state index in [1.54, 1.807) is 11.8 Å². The molecule has 2 aliphatic rings. The van der Waals surface area contributed by atoms with Crippen molar-refractivity contribution < 1.29 is 9.53 Å². The smallest absolute Gasteiger partial charge is 0.226 e. The third-order valence-electron chi connectivity index (χ3n) is 4.71. The van der Waals surface area contributed by atoms with Gasteiger partial charge < -0.3 is 10.1 Å². The number of nitrogens with zero attached hydrogens (tertiary/aromatic N) is 3. The second-order valence-electron chi connectivity index (χ2n) is 7.13. The Hall–Kier alpha value is -2.63. The Morgan fingerprint density at radius 3 is 2.88 bits per heavy atom. The number of carbonyl (C=O) groups excluding carboxylic acids is 1. The first-order valence-electron chi connectivity index (χ1n) is 8.06. The van der Waals surface area contributed by atoms with Gasteiger partial charge in [0.15, 0.2) is 5.78 Å². The minimum Gasteiger partial charge on any atom is -0.496 e. The highest BCUT2D eigenvalue weighted by Crippen LogP contribution is 2.46. The van der Waals surface area contributed by atoms with Gasteiger partial charge >= 0.3 is 0 Å². The van der Waals surface area contributed by atoms with Crippen molar-refractivity contribution in [2.24, 2.45) is 5.41 Å². The number of hydrogen-bond acceptors (Lipinski definition) is 5. The molecule has 4 rings (SSSR count). The first-order chi connectivity index (χ1) is 11.5. The van der Waals surface area contributed by atoms with Crippen molar-refractivity contribution in [2.75, 3.05) is 12.4 Å². The highest BCUT2D eigenvalue weighted by Gasteiger charge is 2.42. The van der Waals surface area contributed by atoms with Crippen LogP contribution in [0.2, 0.25) is 0 Å². The maximum atomic E-state index is 13.0. The fourth-order valence-corrected chi connectivity index (χ4v) is 3.73. The molecule has 1 aromatic carbocycles. The predicted molar refractivity (Wildman–Crippen MR) is 89.8 cm³/mol. The molecular weight excluding hydrogens is 304 g/mol. The maximum Gasteiger partial charge on any atom is 0.226 e. The number of para-hydroxylation sites is 1. The molecule has 0 amide bonds. The molecule has 1 aliphatic carbocycles. The van der Waals surface area contributed by atoms with Gasteiger partial charge in [-0.15, -0.1) is 0 Å². The lowest BCUT2D eigenvalue weighted by atomic mass is 9.73. The summed E-state index contributed by atoms with van der Waals surface area (Å²) in [6, 6.07) is 7.46. The maximum absolute atomic E-state index is 13.0. The molecular formula is C18H20N4O2. The fourth-order valence-electron chi connectivity index (χ4n) is 3.73. The molecule has 6 heteroatoms. The lowest BCUT2D eigenvalue weighted by Gasteiger charge is -2.38. The van der Waals surface area contributed by atoms with Crippen molar-refractivity contribution in [1.82, 2.24) is 14.8 Å². The van der Waals surface area contributed by atoms with Crippen LogP contribution in [0.3, 0.4) is 0 Å². The third-order valence-corrected chi connectivity index (χ3v) is 4.71. The Balaban J connectivity index is 1.93. The molecule has 0 fully saturated rings. The van der Waals surface area contributed by atoms with E-state index >= 15 is 0 Å². The molecule has 0 spiro atoms. The summed E-state index contributed by atoms with van der Waals surface area (Å²) >= 11 is 0. The first kappa shape index (κ1) is 14.9. The van der Waals surface area contributed by atoms with E-state index < -0.39 is 0 Å². The molecule has 0 saturated heterocycles. The van der Waals surface area contributed by atoms with Crippen LogP contribution in [-0.2, 0) is 4.79 Å². The van der Waals surface area contributed by atoms with Crippen LogP contribution < -0.4 is 10.1 Å². The summed E-state index contributed by atoms with van der Waals surface area (Å²) in [6.45, 7) is 4.24. The minimum absolute atomic E-state index is 0.0591. The number of benzene rings is 1. The molecule has 1 atom stereocenters. The average molecular weight is 324 g/mol. The molecule has 2 heterocycles. The molecule has 124 valence electrons. The van der Waals surface area contributed by atoms with E-state index in [9.17, 15) is 4.79 Å². The summed E-state index contributed by atoms with van der Waals surface area (Å²) in [5.74, 6) is 1.57. The second-order valence-corrected chi connectivity index (χ2v) is 7.13. The molecule has 0 saturated carbocycles. The predicted octanol–water partition coefficient (Wildman–Crippen LogP) is 2.94. The van der Waals surface area contributed by atoms with Crippen LogP contribution in [0.1, 0.15) is 38.3 Å². The van der Waals surface area contributed by atoms with Gasteiger partial charge in [-0.3, -0.25) is 4.79 Å². The number of aromatic nitrogens is 3. The molecule has 1 aromatic heterocycles. The van der Waals surface area contributed by atoms with Crippen LogP contribution in [0.4, 0.5) is 5.95 Å². The number of rotatable bonds is 2. The summed E-state index contributed by atoms with van der Waals surface area (Å²) in [5.41, 5.74) is 2.59.